The third-order valence-electron chi connectivity index (χ3n) is 8.68. The Morgan fingerprint density at radius 3 is 1.89 bits per heavy atom. The Labute approximate surface area is 254 Å². The summed E-state index contributed by atoms with van der Waals surface area (Å²) in [4.78, 5) is 8.88. The van der Waals surface area contributed by atoms with Crippen molar-refractivity contribution in [1.29, 1.82) is 0 Å². The van der Waals surface area contributed by atoms with E-state index >= 15 is 0 Å². The molecule has 0 aliphatic heterocycles. The van der Waals surface area contributed by atoms with Crippen molar-refractivity contribution >= 4 is 43.5 Å². The summed E-state index contributed by atoms with van der Waals surface area (Å²) in [6, 6.07) is 45.6. The van der Waals surface area contributed by atoms with Gasteiger partial charge in [-0.25, -0.2) is 0 Å². The molecule has 4 nitrogen and oxygen atoms in total. The van der Waals surface area contributed by atoms with Gasteiger partial charge in [-0.05, 0) is 82.6 Å². The molecule has 4 heteroatoms. The van der Waals surface area contributed by atoms with Gasteiger partial charge in [0.15, 0.2) is 0 Å². The minimum absolute atomic E-state index is 1.08. The fraction of sp³-hybridized carbons (Fsp3) is 0. The van der Waals surface area contributed by atoms with Crippen LogP contribution in [0.25, 0.3) is 77.1 Å². The number of fused-ring (bicyclic) bond motifs is 7. The van der Waals surface area contributed by atoms with Gasteiger partial charge in [0.05, 0.1) is 16.6 Å². The zero-order valence-electron chi connectivity index (χ0n) is 23.8. The van der Waals surface area contributed by atoms with Crippen LogP contribution in [0.2, 0.25) is 0 Å². The van der Waals surface area contributed by atoms with Gasteiger partial charge in [-0.1, -0.05) is 66.7 Å². The van der Waals surface area contributed by atoms with Crippen LogP contribution in [0.4, 0.5) is 0 Å². The maximum atomic E-state index is 4.44. The second-order valence-corrected chi connectivity index (χ2v) is 11.2. The molecule has 9 aromatic rings. The SMILES string of the molecule is c1ccc(-n2ccc3c2ccc2c4c5ccccc5ccc4n(-c4cc(-c5cccnc5)cc(-c5cccnc5)c4)c23)cc1. The average molecular weight is 563 g/mol. The van der Waals surface area contributed by atoms with Crippen LogP contribution in [-0.4, -0.2) is 19.1 Å². The zero-order valence-corrected chi connectivity index (χ0v) is 23.8. The van der Waals surface area contributed by atoms with Crippen molar-refractivity contribution in [2.45, 2.75) is 0 Å². The highest BCUT2D eigenvalue weighted by atomic mass is 15.0. The van der Waals surface area contributed by atoms with Gasteiger partial charge in [0.25, 0.3) is 0 Å². The Morgan fingerprint density at radius 2 is 1.16 bits per heavy atom. The molecule has 0 saturated carbocycles. The Kier molecular flexibility index (Phi) is 5.47. The quantitative estimate of drug-likeness (QED) is 0.214. The largest absolute Gasteiger partial charge is 0.316 e. The predicted molar refractivity (Wildman–Crippen MR) is 182 cm³/mol. The van der Waals surface area contributed by atoms with Gasteiger partial charge in [0.1, 0.15) is 0 Å². The maximum Gasteiger partial charge on any atom is 0.0635 e. The fourth-order valence-electron chi connectivity index (χ4n) is 6.72. The smallest absolute Gasteiger partial charge is 0.0635 e. The van der Waals surface area contributed by atoms with Gasteiger partial charge in [0.2, 0.25) is 0 Å². The molecule has 9 rings (SSSR count). The zero-order chi connectivity index (χ0) is 29.0. The molecule has 5 aromatic carbocycles. The Balaban J connectivity index is 1.43. The molecule has 0 amide bonds. The number of aromatic nitrogens is 4. The molecule has 4 aromatic heterocycles. The summed E-state index contributed by atoms with van der Waals surface area (Å²) < 4.78 is 4.73. The lowest BCUT2D eigenvalue weighted by molar-refractivity contribution is 1.13. The highest BCUT2D eigenvalue weighted by Gasteiger charge is 2.20. The molecule has 44 heavy (non-hydrogen) atoms. The van der Waals surface area contributed by atoms with Gasteiger partial charge in [-0.15, -0.1) is 0 Å². The molecule has 0 bridgehead atoms. The monoisotopic (exact) mass is 562 g/mol. The van der Waals surface area contributed by atoms with Crippen LogP contribution in [0.1, 0.15) is 0 Å². The number of hydrogen-bond donors (Lipinski definition) is 0. The topological polar surface area (TPSA) is 35.6 Å². The third kappa shape index (κ3) is 3.78. The molecular formula is C40H26N4. The van der Waals surface area contributed by atoms with E-state index in [9.17, 15) is 0 Å². The fourth-order valence-corrected chi connectivity index (χ4v) is 6.72. The van der Waals surface area contributed by atoms with E-state index in [1.807, 2.05) is 36.9 Å². The molecule has 206 valence electrons. The molecule has 0 spiro atoms. The number of para-hydroxylation sites is 1. The summed E-state index contributed by atoms with van der Waals surface area (Å²) >= 11 is 0. The van der Waals surface area contributed by atoms with Crippen molar-refractivity contribution in [1.82, 2.24) is 19.1 Å². The van der Waals surface area contributed by atoms with Crippen LogP contribution < -0.4 is 0 Å². The van der Waals surface area contributed by atoms with Crippen molar-refractivity contribution in [3.63, 3.8) is 0 Å². The highest BCUT2D eigenvalue weighted by molar-refractivity contribution is 6.25. The van der Waals surface area contributed by atoms with E-state index in [0.717, 1.165) is 33.6 Å². The molecule has 0 aliphatic carbocycles. The molecule has 0 fully saturated rings. The average Bonchev–Trinajstić information content (AvgIpc) is 3.69. The summed E-state index contributed by atoms with van der Waals surface area (Å²) in [5.74, 6) is 0. The highest BCUT2D eigenvalue weighted by Crippen LogP contribution is 2.42. The lowest BCUT2D eigenvalue weighted by Crippen LogP contribution is -1.97. The van der Waals surface area contributed by atoms with E-state index in [-0.39, 0.29) is 0 Å². The number of benzene rings is 5. The summed E-state index contributed by atoms with van der Waals surface area (Å²) in [6.45, 7) is 0. The van der Waals surface area contributed by atoms with E-state index in [4.69, 9.17) is 0 Å². The normalized spacial score (nSPS) is 11.6. The van der Waals surface area contributed by atoms with Crippen LogP contribution >= 0.6 is 0 Å². The Hall–Kier alpha value is -6.00. The number of rotatable bonds is 4. The van der Waals surface area contributed by atoms with E-state index in [1.54, 1.807) is 0 Å². The minimum Gasteiger partial charge on any atom is -0.316 e. The van der Waals surface area contributed by atoms with Gasteiger partial charge < -0.3 is 9.13 Å². The first-order chi connectivity index (χ1) is 21.8. The third-order valence-corrected chi connectivity index (χ3v) is 8.68. The first-order valence-corrected chi connectivity index (χ1v) is 14.8. The maximum absolute atomic E-state index is 4.44. The van der Waals surface area contributed by atoms with Crippen LogP contribution in [0.3, 0.4) is 0 Å². The molecule has 0 atom stereocenters. The van der Waals surface area contributed by atoms with E-state index in [2.05, 4.69) is 141 Å². The van der Waals surface area contributed by atoms with Crippen molar-refractivity contribution in [3.8, 4) is 33.6 Å². The lowest BCUT2D eigenvalue weighted by atomic mass is 9.99. The number of nitrogens with zero attached hydrogens (tertiary/aromatic N) is 4. The van der Waals surface area contributed by atoms with E-state index in [0.29, 0.717) is 0 Å². The number of pyridine rings is 2. The summed E-state index contributed by atoms with van der Waals surface area (Å²) in [7, 11) is 0. The van der Waals surface area contributed by atoms with Crippen molar-refractivity contribution in [3.05, 3.63) is 158 Å². The van der Waals surface area contributed by atoms with Crippen molar-refractivity contribution in [2.75, 3.05) is 0 Å². The Morgan fingerprint density at radius 1 is 0.455 bits per heavy atom. The van der Waals surface area contributed by atoms with Crippen LogP contribution in [0.5, 0.6) is 0 Å². The van der Waals surface area contributed by atoms with Gasteiger partial charge in [-0.3, -0.25) is 9.97 Å². The van der Waals surface area contributed by atoms with Gasteiger partial charge in [0, 0.05) is 69.6 Å². The molecular weight excluding hydrogens is 536 g/mol. The van der Waals surface area contributed by atoms with E-state index < -0.39 is 0 Å². The first-order valence-electron chi connectivity index (χ1n) is 14.8. The molecule has 0 aliphatic rings. The summed E-state index contributed by atoms with van der Waals surface area (Å²) in [6.07, 6.45) is 9.70. The van der Waals surface area contributed by atoms with E-state index in [1.165, 1.54) is 43.5 Å². The summed E-state index contributed by atoms with van der Waals surface area (Å²) in [5.41, 5.74) is 10.2. The number of hydrogen-bond acceptors (Lipinski definition) is 2. The van der Waals surface area contributed by atoms with Crippen molar-refractivity contribution in [2.24, 2.45) is 0 Å². The van der Waals surface area contributed by atoms with Gasteiger partial charge in [-0.2, -0.15) is 0 Å². The molecule has 0 radical (unpaired) electrons. The minimum atomic E-state index is 1.08. The molecule has 0 N–H and O–H groups in total. The molecule has 4 heterocycles. The summed E-state index contributed by atoms with van der Waals surface area (Å²) in [5, 5.41) is 6.21. The van der Waals surface area contributed by atoms with Gasteiger partial charge >= 0.3 is 0 Å². The second kappa shape index (κ2) is 9.79. The second-order valence-electron chi connectivity index (χ2n) is 11.2. The molecule has 0 unspecified atom stereocenters. The van der Waals surface area contributed by atoms with Crippen LogP contribution in [0, 0.1) is 0 Å². The lowest BCUT2D eigenvalue weighted by Gasteiger charge is -2.14. The Bertz CT molecular complexity index is 2420. The first kappa shape index (κ1) is 24.6. The predicted octanol–water partition coefficient (Wildman–Crippen LogP) is 10.0. The standard InChI is InChI=1S/C40H26N4/c1-2-11-32(12-3-1)43-21-18-35-37(43)17-15-36-39-34-13-5-4-8-27(34)14-16-38(39)44(40(35)36)33-23-30(28-9-6-19-41-25-28)22-31(24-33)29-10-7-20-42-26-29/h1-26H. The van der Waals surface area contributed by atoms with Crippen molar-refractivity contribution < 1.29 is 0 Å². The van der Waals surface area contributed by atoms with Crippen LogP contribution in [0.15, 0.2) is 158 Å². The van der Waals surface area contributed by atoms with Crippen LogP contribution in [-0.2, 0) is 0 Å². The molecule has 0 saturated heterocycles.